The Morgan fingerprint density at radius 2 is 1.79 bits per heavy atom. The molecule has 1 atom stereocenters. The quantitative estimate of drug-likeness (QED) is 0.498. The van der Waals surface area contributed by atoms with Gasteiger partial charge in [-0.15, -0.1) is 12.4 Å². The van der Waals surface area contributed by atoms with Gasteiger partial charge in [-0.05, 0) is 41.8 Å². The van der Waals surface area contributed by atoms with Crippen LogP contribution in [-0.2, 0) is 16.1 Å². The lowest BCUT2D eigenvalue weighted by Gasteiger charge is -2.24. The van der Waals surface area contributed by atoms with Crippen LogP contribution in [0.2, 0.25) is 0 Å². The third kappa shape index (κ3) is 3.94. The molecule has 3 heterocycles. The summed E-state index contributed by atoms with van der Waals surface area (Å²) in [5.41, 5.74) is 2.90. The predicted molar refractivity (Wildman–Crippen MR) is 127 cm³/mol. The normalized spacial score (nSPS) is 17.0. The van der Waals surface area contributed by atoms with E-state index in [1.54, 1.807) is 33.7 Å². The highest BCUT2D eigenvalue weighted by molar-refractivity contribution is 6.11. The minimum atomic E-state index is -0.338. The van der Waals surface area contributed by atoms with Gasteiger partial charge in [0.15, 0.2) is 11.5 Å². The number of carbonyl (C=O) groups is 1. The van der Waals surface area contributed by atoms with Crippen LogP contribution < -0.4 is 14.4 Å². The third-order valence-electron chi connectivity index (χ3n) is 6.21. The van der Waals surface area contributed by atoms with E-state index in [4.69, 9.17) is 18.9 Å². The Kier molecular flexibility index (Phi) is 6.58. The van der Waals surface area contributed by atoms with E-state index in [0.29, 0.717) is 29.6 Å². The first-order chi connectivity index (χ1) is 15.6. The highest BCUT2D eigenvalue weighted by atomic mass is 35.5. The molecule has 1 fully saturated rings. The molecule has 1 saturated heterocycles. The summed E-state index contributed by atoms with van der Waals surface area (Å²) in [4.78, 5) is 24.1. The summed E-state index contributed by atoms with van der Waals surface area (Å²) < 4.78 is 21.7. The van der Waals surface area contributed by atoms with Crippen molar-refractivity contribution in [1.29, 1.82) is 0 Å². The van der Waals surface area contributed by atoms with Crippen LogP contribution in [0.15, 0.2) is 30.6 Å². The summed E-state index contributed by atoms with van der Waals surface area (Å²) >= 11 is 0. The lowest BCUT2D eigenvalue weighted by molar-refractivity contribution is 0.0535. The van der Waals surface area contributed by atoms with Crippen LogP contribution in [0, 0.1) is 0 Å². The second-order valence-electron chi connectivity index (χ2n) is 8.01. The molecule has 0 spiro atoms. The average molecular weight is 472 g/mol. The molecular formula is C24H26ClN3O5. The topological polar surface area (TPSA) is 83.0 Å². The summed E-state index contributed by atoms with van der Waals surface area (Å²) in [5.74, 6) is 1.55. The molecule has 8 nitrogen and oxygen atoms in total. The van der Waals surface area contributed by atoms with E-state index in [2.05, 4.69) is 14.9 Å². The standard InChI is InChI=1S/C24H25N3O5.ClH/c1-29-13-17-5-4-6-27(17)24-25-10-16(11-26-24)21-18-9-20(31-3)19(30-2)8-14(18)7-15-12-32-23(28)22(15)21;/h7-11,17H,4-6,12-13H2,1-3H3;1H/t17-;/m0./s1. The van der Waals surface area contributed by atoms with Crippen molar-refractivity contribution in [2.75, 3.05) is 39.4 Å². The number of anilines is 1. The van der Waals surface area contributed by atoms with Gasteiger partial charge in [-0.3, -0.25) is 0 Å². The summed E-state index contributed by atoms with van der Waals surface area (Å²) in [7, 11) is 4.91. The van der Waals surface area contributed by atoms with Gasteiger partial charge in [0.25, 0.3) is 0 Å². The number of nitrogens with zero attached hydrogens (tertiary/aromatic N) is 3. The van der Waals surface area contributed by atoms with Gasteiger partial charge in [0.2, 0.25) is 5.95 Å². The number of methoxy groups -OCH3 is 3. The lowest BCUT2D eigenvalue weighted by Crippen LogP contribution is -2.34. The Balaban J connectivity index is 0.00000259. The van der Waals surface area contributed by atoms with Crippen molar-refractivity contribution in [2.45, 2.75) is 25.5 Å². The van der Waals surface area contributed by atoms with Gasteiger partial charge >= 0.3 is 5.97 Å². The molecule has 5 rings (SSSR count). The van der Waals surface area contributed by atoms with Crippen molar-refractivity contribution in [3.05, 3.63) is 41.7 Å². The van der Waals surface area contributed by atoms with Crippen molar-refractivity contribution in [3.8, 4) is 22.6 Å². The Hall–Kier alpha value is -3.10. The molecule has 0 aliphatic carbocycles. The molecule has 33 heavy (non-hydrogen) atoms. The molecule has 9 heteroatoms. The van der Waals surface area contributed by atoms with Crippen molar-refractivity contribution in [1.82, 2.24) is 9.97 Å². The van der Waals surface area contributed by atoms with Crippen LogP contribution in [0.1, 0.15) is 28.8 Å². The molecule has 2 aliphatic heterocycles. The van der Waals surface area contributed by atoms with E-state index in [1.807, 2.05) is 18.2 Å². The van der Waals surface area contributed by atoms with E-state index >= 15 is 0 Å². The van der Waals surface area contributed by atoms with E-state index in [0.717, 1.165) is 46.8 Å². The second-order valence-corrected chi connectivity index (χ2v) is 8.01. The number of halogens is 1. The number of cyclic esters (lactones) is 1. The number of benzene rings is 2. The van der Waals surface area contributed by atoms with Crippen LogP contribution in [0.3, 0.4) is 0 Å². The zero-order chi connectivity index (χ0) is 22.2. The van der Waals surface area contributed by atoms with Crippen LogP contribution >= 0.6 is 12.4 Å². The number of carbonyl (C=O) groups excluding carboxylic acids is 1. The number of rotatable bonds is 6. The van der Waals surface area contributed by atoms with Gasteiger partial charge in [0, 0.05) is 42.7 Å². The molecule has 0 amide bonds. The number of aromatic nitrogens is 2. The molecule has 2 aromatic carbocycles. The van der Waals surface area contributed by atoms with Crippen molar-refractivity contribution >= 4 is 35.1 Å². The summed E-state index contributed by atoms with van der Waals surface area (Å²) in [6.07, 6.45) is 5.70. The molecule has 0 unspecified atom stereocenters. The third-order valence-corrected chi connectivity index (χ3v) is 6.21. The van der Waals surface area contributed by atoms with Crippen molar-refractivity contribution in [2.24, 2.45) is 0 Å². The molecular weight excluding hydrogens is 446 g/mol. The lowest BCUT2D eigenvalue weighted by atomic mass is 9.91. The molecule has 3 aromatic rings. The molecule has 0 radical (unpaired) electrons. The maximum Gasteiger partial charge on any atom is 0.339 e. The second kappa shape index (κ2) is 9.41. The Labute approximate surface area is 198 Å². The first-order valence-corrected chi connectivity index (χ1v) is 10.6. The fourth-order valence-electron chi connectivity index (χ4n) is 4.71. The smallest absolute Gasteiger partial charge is 0.339 e. The zero-order valence-electron chi connectivity index (χ0n) is 18.8. The molecule has 0 saturated carbocycles. The molecule has 0 N–H and O–H groups in total. The maximum atomic E-state index is 12.6. The Bertz CT molecular complexity index is 1190. The van der Waals surface area contributed by atoms with Crippen LogP contribution in [0.4, 0.5) is 5.95 Å². The first-order valence-electron chi connectivity index (χ1n) is 10.6. The SMILES string of the molecule is COC[C@@H]1CCCN1c1ncc(-c2c3c(cc4cc(OC)c(OC)cc24)COC3=O)cn1.Cl. The summed E-state index contributed by atoms with van der Waals surface area (Å²) in [6, 6.07) is 6.04. The fourth-order valence-corrected chi connectivity index (χ4v) is 4.71. The predicted octanol–water partition coefficient (Wildman–Crippen LogP) is 4.02. The highest BCUT2D eigenvalue weighted by Gasteiger charge is 2.30. The van der Waals surface area contributed by atoms with Crippen LogP contribution in [0.5, 0.6) is 11.5 Å². The van der Waals surface area contributed by atoms with Gasteiger partial charge in [-0.25, -0.2) is 14.8 Å². The molecule has 2 aliphatic rings. The highest BCUT2D eigenvalue weighted by Crippen LogP contribution is 2.42. The monoisotopic (exact) mass is 471 g/mol. The number of esters is 1. The van der Waals surface area contributed by atoms with Gasteiger partial charge in [0.1, 0.15) is 6.61 Å². The van der Waals surface area contributed by atoms with Crippen LogP contribution in [0.25, 0.3) is 21.9 Å². The molecule has 0 bridgehead atoms. The summed E-state index contributed by atoms with van der Waals surface area (Å²) in [5, 5.41) is 1.79. The number of ether oxygens (including phenoxy) is 4. The van der Waals surface area contributed by atoms with E-state index in [1.165, 1.54) is 0 Å². The van der Waals surface area contributed by atoms with E-state index in [-0.39, 0.29) is 31.0 Å². The average Bonchev–Trinajstić information content (AvgIpc) is 3.43. The Morgan fingerprint density at radius 3 is 2.48 bits per heavy atom. The van der Waals surface area contributed by atoms with Gasteiger partial charge in [0.05, 0.1) is 32.4 Å². The number of fused-ring (bicyclic) bond motifs is 2. The number of hydrogen-bond donors (Lipinski definition) is 0. The molecule has 1 aromatic heterocycles. The summed E-state index contributed by atoms with van der Waals surface area (Å²) in [6.45, 7) is 1.80. The van der Waals surface area contributed by atoms with E-state index in [9.17, 15) is 4.79 Å². The Morgan fingerprint density at radius 1 is 1.06 bits per heavy atom. The van der Waals surface area contributed by atoms with E-state index < -0.39 is 0 Å². The van der Waals surface area contributed by atoms with Crippen molar-refractivity contribution in [3.63, 3.8) is 0 Å². The van der Waals surface area contributed by atoms with Crippen molar-refractivity contribution < 1.29 is 23.7 Å². The molecule has 174 valence electrons. The van der Waals surface area contributed by atoms with Crippen LogP contribution in [-0.4, -0.2) is 56.5 Å². The maximum absolute atomic E-state index is 12.6. The minimum Gasteiger partial charge on any atom is -0.493 e. The number of hydrogen-bond acceptors (Lipinski definition) is 8. The fraction of sp³-hybridized carbons (Fsp3) is 0.375. The van der Waals surface area contributed by atoms with Gasteiger partial charge in [-0.2, -0.15) is 0 Å². The van der Waals surface area contributed by atoms with Gasteiger partial charge < -0.3 is 23.8 Å². The van der Waals surface area contributed by atoms with Gasteiger partial charge in [-0.1, -0.05) is 0 Å². The largest absolute Gasteiger partial charge is 0.493 e. The first kappa shape index (κ1) is 23.1. The minimum absolute atomic E-state index is 0. The zero-order valence-corrected chi connectivity index (χ0v) is 19.6.